The fourth-order valence-corrected chi connectivity index (χ4v) is 5.88. The van der Waals surface area contributed by atoms with E-state index in [9.17, 15) is 0 Å². The van der Waals surface area contributed by atoms with Crippen molar-refractivity contribution in [3.05, 3.63) is 0 Å². The maximum absolute atomic E-state index is 4.58. The number of rotatable bonds is 5. The third-order valence-corrected chi connectivity index (χ3v) is 7.35. The third-order valence-electron chi connectivity index (χ3n) is 6.12. The lowest BCUT2D eigenvalue weighted by Gasteiger charge is -2.37. The molecule has 25 heavy (non-hydrogen) atoms. The van der Waals surface area contributed by atoms with E-state index < -0.39 is 0 Å². The topological polar surface area (TPSA) is 34.1 Å². The van der Waals surface area contributed by atoms with Crippen molar-refractivity contribution in [1.29, 1.82) is 0 Å². The van der Waals surface area contributed by atoms with E-state index in [1.165, 1.54) is 63.4 Å². The summed E-state index contributed by atoms with van der Waals surface area (Å²) in [6.07, 6.45) is 5.37. The average molecular weight is 481 g/mol. The Balaban J connectivity index is 0.00000225. The van der Waals surface area contributed by atoms with Crippen LogP contribution in [0.5, 0.6) is 0 Å². The molecule has 0 radical (unpaired) electrons. The van der Waals surface area contributed by atoms with Crippen molar-refractivity contribution in [2.24, 2.45) is 10.9 Å². The molecule has 3 aliphatic rings. The standard InChI is InChI=1S/C18H35N5S.HI/c1-19-17(20-14-18(21(2)3)7-11-24-15-18)23-10-6-16(13-23)12-22-8-4-5-9-22;/h16H,4-15H2,1-3H3,(H,19,20);1H. The minimum absolute atomic E-state index is 0. The zero-order chi connectivity index (χ0) is 17.0. The summed E-state index contributed by atoms with van der Waals surface area (Å²) in [4.78, 5) is 12.1. The summed E-state index contributed by atoms with van der Waals surface area (Å²) in [6.45, 7) is 7.24. The van der Waals surface area contributed by atoms with Crippen LogP contribution in [0.25, 0.3) is 0 Å². The van der Waals surface area contributed by atoms with Gasteiger partial charge in [-0.15, -0.1) is 24.0 Å². The van der Waals surface area contributed by atoms with Gasteiger partial charge in [0.2, 0.25) is 0 Å². The van der Waals surface area contributed by atoms with Crippen LogP contribution >= 0.6 is 35.7 Å². The number of likely N-dealkylation sites (N-methyl/N-ethyl adjacent to an activating group) is 1. The molecule has 0 aromatic rings. The third kappa shape index (κ3) is 5.39. The van der Waals surface area contributed by atoms with Gasteiger partial charge in [-0.3, -0.25) is 4.99 Å². The van der Waals surface area contributed by atoms with Gasteiger partial charge in [0.15, 0.2) is 5.96 Å². The second kappa shape index (κ2) is 9.99. The molecule has 0 aromatic carbocycles. The highest BCUT2D eigenvalue weighted by molar-refractivity contribution is 14.0. The summed E-state index contributed by atoms with van der Waals surface area (Å²) in [5.74, 6) is 4.42. The molecule has 0 aliphatic carbocycles. The van der Waals surface area contributed by atoms with Crippen molar-refractivity contribution in [2.45, 2.75) is 31.2 Å². The number of thioether (sulfide) groups is 1. The van der Waals surface area contributed by atoms with Crippen LogP contribution in [0, 0.1) is 5.92 Å². The van der Waals surface area contributed by atoms with E-state index in [1.54, 1.807) is 0 Å². The van der Waals surface area contributed by atoms with E-state index in [4.69, 9.17) is 0 Å². The van der Waals surface area contributed by atoms with E-state index in [2.05, 4.69) is 50.9 Å². The fourth-order valence-electron chi connectivity index (χ4n) is 4.33. The molecule has 2 atom stereocenters. The maximum atomic E-state index is 4.58. The lowest BCUT2D eigenvalue weighted by molar-refractivity contribution is 0.181. The summed E-state index contributed by atoms with van der Waals surface area (Å²) >= 11 is 2.08. The molecule has 3 saturated heterocycles. The number of hydrogen-bond donors (Lipinski definition) is 1. The summed E-state index contributed by atoms with van der Waals surface area (Å²) in [5.41, 5.74) is 0.287. The van der Waals surface area contributed by atoms with Crippen LogP contribution in [0.2, 0.25) is 0 Å². The zero-order valence-electron chi connectivity index (χ0n) is 16.2. The first kappa shape index (κ1) is 21.6. The molecule has 0 saturated carbocycles. The Hall–Kier alpha value is 0.270. The molecule has 5 nitrogen and oxygen atoms in total. The van der Waals surface area contributed by atoms with Crippen LogP contribution in [0.3, 0.4) is 0 Å². The smallest absolute Gasteiger partial charge is 0.193 e. The first-order chi connectivity index (χ1) is 11.6. The Labute approximate surface area is 175 Å². The minimum atomic E-state index is 0. The van der Waals surface area contributed by atoms with Gasteiger partial charge in [-0.2, -0.15) is 11.8 Å². The number of nitrogens with zero attached hydrogens (tertiary/aromatic N) is 4. The monoisotopic (exact) mass is 481 g/mol. The van der Waals surface area contributed by atoms with Crippen LogP contribution < -0.4 is 5.32 Å². The van der Waals surface area contributed by atoms with Gasteiger partial charge < -0.3 is 20.0 Å². The number of halogens is 1. The molecule has 0 bridgehead atoms. The summed E-state index contributed by atoms with van der Waals surface area (Å²) in [6, 6.07) is 0. The zero-order valence-corrected chi connectivity index (χ0v) is 19.3. The number of guanidine groups is 1. The molecule has 1 N–H and O–H groups in total. The van der Waals surface area contributed by atoms with Gasteiger partial charge in [-0.1, -0.05) is 0 Å². The van der Waals surface area contributed by atoms with E-state index in [1.807, 2.05) is 7.05 Å². The Morgan fingerprint density at radius 3 is 2.64 bits per heavy atom. The quantitative estimate of drug-likeness (QED) is 0.370. The largest absolute Gasteiger partial charge is 0.354 e. The van der Waals surface area contributed by atoms with E-state index in [0.29, 0.717) is 0 Å². The van der Waals surface area contributed by atoms with Gasteiger partial charge >= 0.3 is 0 Å². The second-order valence-corrected chi connectivity index (χ2v) is 9.04. The predicted octanol–water partition coefficient (Wildman–Crippen LogP) is 2.03. The van der Waals surface area contributed by atoms with Gasteiger partial charge in [-0.25, -0.2) is 0 Å². The molecule has 3 fully saturated rings. The molecule has 3 aliphatic heterocycles. The van der Waals surface area contributed by atoms with Crippen molar-refractivity contribution in [2.75, 3.05) is 71.9 Å². The summed E-state index contributed by atoms with van der Waals surface area (Å²) in [7, 11) is 6.37. The minimum Gasteiger partial charge on any atom is -0.354 e. The van der Waals surface area contributed by atoms with Crippen molar-refractivity contribution in [3.63, 3.8) is 0 Å². The lowest BCUT2D eigenvalue weighted by atomic mass is 9.97. The normalized spacial score (nSPS) is 31.0. The number of nitrogens with one attached hydrogen (secondary N) is 1. The van der Waals surface area contributed by atoms with Crippen molar-refractivity contribution >= 4 is 41.7 Å². The number of likely N-dealkylation sites (tertiary alicyclic amines) is 2. The van der Waals surface area contributed by atoms with Gasteiger partial charge in [0.05, 0.1) is 0 Å². The molecule has 146 valence electrons. The molecule has 0 spiro atoms. The van der Waals surface area contributed by atoms with Gasteiger partial charge in [0.25, 0.3) is 0 Å². The highest BCUT2D eigenvalue weighted by atomic mass is 127. The predicted molar refractivity (Wildman–Crippen MR) is 120 cm³/mol. The van der Waals surface area contributed by atoms with Gasteiger partial charge in [0.1, 0.15) is 0 Å². The maximum Gasteiger partial charge on any atom is 0.193 e. The lowest BCUT2D eigenvalue weighted by Crippen LogP contribution is -2.55. The van der Waals surface area contributed by atoms with Crippen molar-refractivity contribution in [3.8, 4) is 0 Å². The Kier molecular flexibility index (Phi) is 8.62. The molecular formula is C18H36IN5S. The first-order valence-corrected chi connectivity index (χ1v) is 10.7. The van der Waals surface area contributed by atoms with Crippen LogP contribution in [-0.2, 0) is 0 Å². The Morgan fingerprint density at radius 2 is 2.04 bits per heavy atom. The summed E-state index contributed by atoms with van der Waals surface area (Å²) in [5, 5.41) is 3.70. The highest BCUT2D eigenvalue weighted by Crippen LogP contribution is 2.31. The molecule has 7 heteroatoms. The molecule has 3 rings (SSSR count). The molecule has 0 amide bonds. The van der Waals surface area contributed by atoms with Crippen molar-refractivity contribution < 1.29 is 0 Å². The number of aliphatic imine (C=N–C) groups is 1. The summed E-state index contributed by atoms with van der Waals surface area (Å²) < 4.78 is 0. The fraction of sp³-hybridized carbons (Fsp3) is 0.944. The second-order valence-electron chi connectivity index (χ2n) is 7.93. The van der Waals surface area contributed by atoms with Gasteiger partial charge in [0, 0.05) is 44.5 Å². The van der Waals surface area contributed by atoms with E-state index in [-0.39, 0.29) is 29.5 Å². The molecule has 0 aromatic heterocycles. The van der Waals surface area contributed by atoms with Crippen LogP contribution in [0.4, 0.5) is 0 Å². The van der Waals surface area contributed by atoms with Crippen LogP contribution in [0.1, 0.15) is 25.7 Å². The number of hydrogen-bond acceptors (Lipinski definition) is 4. The Bertz CT molecular complexity index is 433. The highest BCUT2D eigenvalue weighted by Gasteiger charge is 2.37. The van der Waals surface area contributed by atoms with E-state index >= 15 is 0 Å². The molecular weight excluding hydrogens is 445 g/mol. The molecule has 3 heterocycles. The molecule has 2 unspecified atom stereocenters. The van der Waals surface area contributed by atoms with E-state index in [0.717, 1.165) is 25.0 Å². The SMILES string of the molecule is CN=C(NCC1(N(C)C)CCSC1)N1CCC(CN2CCCC2)C1.I. The average Bonchev–Trinajstić information content (AvgIpc) is 3.30. The van der Waals surface area contributed by atoms with Crippen LogP contribution in [0.15, 0.2) is 4.99 Å². The Morgan fingerprint density at radius 1 is 1.28 bits per heavy atom. The first-order valence-electron chi connectivity index (χ1n) is 9.56. The van der Waals surface area contributed by atoms with Crippen molar-refractivity contribution in [1.82, 2.24) is 20.0 Å². The van der Waals surface area contributed by atoms with Crippen LogP contribution in [-0.4, -0.2) is 98.1 Å². The van der Waals surface area contributed by atoms with Gasteiger partial charge in [-0.05, 0) is 64.5 Å².